The van der Waals surface area contributed by atoms with Crippen LogP contribution in [-0.4, -0.2) is 25.0 Å². The molecule has 1 N–H and O–H groups in total. The zero-order valence-corrected chi connectivity index (χ0v) is 13.6. The van der Waals surface area contributed by atoms with Crippen molar-refractivity contribution in [3.05, 3.63) is 33.8 Å². The molecule has 0 radical (unpaired) electrons. The van der Waals surface area contributed by atoms with Crippen LogP contribution in [0.4, 0.5) is 0 Å². The van der Waals surface area contributed by atoms with E-state index in [-0.39, 0.29) is 5.91 Å². The van der Waals surface area contributed by atoms with Crippen LogP contribution in [0.1, 0.15) is 42.1 Å². The van der Waals surface area contributed by atoms with Gasteiger partial charge >= 0.3 is 5.97 Å². The van der Waals surface area contributed by atoms with Crippen LogP contribution in [0.25, 0.3) is 0 Å². The van der Waals surface area contributed by atoms with Crippen molar-refractivity contribution in [1.82, 2.24) is 5.32 Å². The molecule has 0 bridgehead atoms. The Morgan fingerprint density at radius 3 is 2.65 bits per heavy atom. The van der Waals surface area contributed by atoms with Crippen LogP contribution in [-0.2, 0) is 9.53 Å². The molecule has 4 nitrogen and oxygen atoms in total. The van der Waals surface area contributed by atoms with Gasteiger partial charge in [-0.15, -0.1) is 0 Å². The van der Waals surface area contributed by atoms with Crippen LogP contribution < -0.4 is 5.32 Å². The van der Waals surface area contributed by atoms with Crippen LogP contribution in [0.15, 0.2) is 22.7 Å². The maximum absolute atomic E-state index is 12.2. The average Bonchev–Trinajstić information content (AvgIpc) is 2.45. The number of esters is 1. The first kappa shape index (κ1) is 16.7. The van der Waals surface area contributed by atoms with E-state index >= 15 is 0 Å². The molecule has 0 saturated heterocycles. The van der Waals surface area contributed by atoms with Gasteiger partial charge in [0.1, 0.15) is 6.04 Å². The molecule has 0 aliphatic heterocycles. The average molecular weight is 342 g/mol. The van der Waals surface area contributed by atoms with E-state index in [1.54, 1.807) is 12.1 Å². The third-order valence-corrected chi connectivity index (χ3v) is 3.95. The number of aryl methyl sites for hydroxylation is 1. The van der Waals surface area contributed by atoms with E-state index in [1.807, 2.05) is 19.9 Å². The molecule has 0 aliphatic carbocycles. The molecule has 1 aromatic carbocycles. The number of nitrogens with one attached hydrogen (secondary N) is 1. The molecule has 1 amide bonds. The van der Waals surface area contributed by atoms with E-state index in [0.29, 0.717) is 12.0 Å². The van der Waals surface area contributed by atoms with Gasteiger partial charge in [0.05, 0.1) is 7.11 Å². The topological polar surface area (TPSA) is 55.4 Å². The molecule has 0 unspecified atom stereocenters. The number of ether oxygens (including phenoxy) is 1. The summed E-state index contributed by atoms with van der Waals surface area (Å²) in [6, 6.07) is 4.74. The van der Waals surface area contributed by atoms with Crippen molar-refractivity contribution in [2.24, 2.45) is 0 Å². The quantitative estimate of drug-likeness (QED) is 0.808. The summed E-state index contributed by atoms with van der Waals surface area (Å²) in [6.45, 7) is 3.95. The zero-order valence-electron chi connectivity index (χ0n) is 12.0. The minimum Gasteiger partial charge on any atom is -0.467 e. The molecule has 0 saturated carbocycles. The summed E-state index contributed by atoms with van der Waals surface area (Å²) in [6.07, 6.45) is 2.41. The van der Waals surface area contributed by atoms with Gasteiger partial charge < -0.3 is 10.1 Å². The summed E-state index contributed by atoms with van der Waals surface area (Å²) in [4.78, 5) is 23.8. The number of carbonyl (C=O) groups is 2. The SMILES string of the molecule is CCCC[C@@H](NC(=O)c1ccc(Br)c(C)c1)C(=O)OC. The summed E-state index contributed by atoms with van der Waals surface area (Å²) in [7, 11) is 1.33. The third-order valence-electron chi connectivity index (χ3n) is 3.06. The number of benzene rings is 1. The molecule has 20 heavy (non-hydrogen) atoms. The number of hydrogen-bond acceptors (Lipinski definition) is 3. The second-order valence-corrected chi connectivity index (χ2v) is 5.51. The molecule has 0 aromatic heterocycles. The van der Waals surface area contributed by atoms with Crippen molar-refractivity contribution in [1.29, 1.82) is 0 Å². The van der Waals surface area contributed by atoms with Gasteiger partial charge in [0.2, 0.25) is 0 Å². The Kier molecular flexibility index (Phi) is 6.71. The van der Waals surface area contributed by atoms with Crippen LogP contribution >= 0.6 is 15.9 Å². The number of halogens is 1. The molecule has 110 valence electrons. The van der Waals surface area contributed by atoms with Gasteiger partial charge in [0.15, 0.2) is 0 Å². The lowest BCUT2D eigenvalue weighted by Gasteiger charge is -2.16. The van der Waals surface area contributed by atoms with Crippen LogP contribution in [0.2, 0.25) is 0 Å². The Labute approximate surface area is 128 Å². The summed E-state index contributed by atoms with van der Waals surface area (Å²) < 4.78 is 5.68. The summed E-state index contributed by atoms with van der Waals surface area (Å²) >= 11 is 3.39. The summed E-state index contributed by atoms with van der Waals surface area (Å²) in [5.41, 5.74) is 1.51. The third kappa shape index (κ3) is 4.63. The number of methoxy groups -OCH3 is 1. The fourth-order valence-electron chi connectivity index (χ4n) is 1.83. The minimum absolute atomic E-state index is 0.257. The van der Waals surface area contributed by atoms with Crippen molar-refractivity contribution in [3.63, 3.8) is 0 Å². The van der Waals surface area contributed by atoms with Crippen molar-refractivity contribution in [2.45, 2.75) is 39.2 Å². The van der Waals surface area contributed by atoms with E-state index < -0.39 is 12.0 Å². The van der Waals surface area contributed by atoms with Gasteiger partial charge in [-0.25, -0.2) is 4.79 Å². The summed E-state index contributed by atoms with van der Waals surface area (Å²) in [5, 5.41) is 2.74. The fraction of sp³-hybridized carbons (Fsp3) is 0.467. The molecule has 0 aliphatic rings. The number of rotatable bonds is 6. The molecule has 1 atom stereocenters. The Balaban J connectivity index is 2.78. The molecule has 1 aromatic rings. The Hall–Kier alpha value is -1.36. The van der Waals surface area contributed by atoms with Gasteiger partial charge in [0.25, 0.3) is 5.91 Å². The first-order valence-corrected chi connectivity index (χ1v) is 7.43. The lowest BCUT2D eigenvalue weighted by molar-refractivity contribution is -0.143. The molecular formula is C15H20BrNO3. The lowest BCUT2D eigenvalue weighted by atomic mass is 10.1. The Morgan fingerprint density at radius 2 is 2.10 bits per heavy atom. The van der Waals surface area contributed by atoms with E-state index in [9.17, 15) is 9.59 Å². The predicted molar refractivity (Wildman–Crippen MR) is 81.7 cm³/mol. The number of carbonyl (C=O) groups excluding carboxylic acids is 2. The lowest BCUT2D eigenvalue weighted by Crippen LogP contribution is -2.41. The first-order chi connectivity index (χ1) is 9.49. The van der Waals surface area contributed by atoms with Gasteiger partial charge in [-0.3, -0.25) is 4.79 Å². The Morgan fingerprint density at radius 1 is 1.40 bits per heavy atom. The number of amides is 1. The standard InChI is InChI=1S/C15H20BrNO3/c1-4-5-6-13(15(19)20-3)17-14(18)11-7-8-12(16)10(2)9-11/h7-9,13H,4-6H2,1-3H3,(H,17,18)/t13-/m1/s1. The van der Waals surface area contributed by atoms with Crippen LogP contribution in [0.3, 0.4) is 0 Å². The molecule has 0 spiro atoms. The fourth-order valence-corrected chi connectivity index (χ4v) is 2.07. The maximum Gasteiger partial charge on any atom is 0.328 e. The second-order valence-electron chi connectivity index (χ2n) is 4.66. The van der Waals surface area contributed by atoms with Crippen LogP contribution in [0, 0.1) is 6.92 Å². The monoisotopic (exact) mass is 341 g/mol. The van der Waals surface area contributed by atoms with Crippen molar-refractivity contribution in [2.75, 3.05) is 7.11 Å². The molecule has 0 heterocycles. The van der Waals surface area contributed by atoms with Crippen LogP contribution in [0.5, 0.6) is 0 Å². The van der Waals surface area contributed by atoms with Gasteiger partial charge in [-0.1, -0.05) is 35.7 Å². The molecule has 5 heteroatoms. The minimum atomic E-state index is -0.587. The Bertz CT molecular complexity index is 488. The van der Waals surface area contributed by atoms with E-state index in [2.05, 4.69) is 21.2 Å². The van der Waals surface area contributed by atoms with E-state index in [1.165, 1.54) is 7.11 Å². The van der Waals surface area contributed by atoms with Crippen molar-refractivity contribution in [3.8, 4) is 0 Å². The number of hydrogen-bond donors (Lipinski definition) is 1. The zero-order chi connectivity index (χ0) is 15.1. The number of unbranched alkanes of at least 4 members (excludes halogenated alkanes) is 1. The normalized spacial score (nSPS) is 11.8. The molecule has 0 fully saturated rings. The van der Waals surface area contributed by atoms with Gasteiger partial charge in [-0.2, -0.15) is 0 Å². The highest BCUT2D eigenvalue weighted by atomic mass is 79.9. The smallest absolute Gasteiger partial charge is 0.328 e. The van der Waals surface area contributed by atoms with Gasteiger partial charge in [0, 0.05) is 10.0 Å². The maximum atomic E-state index is 12.2. The molecular weight excluding hydrogens is 322 g/mol. The van der Waals surface area contributed by atoms with Crippen molar-refractivity contribution >= 4 is 27.8 Å². The van der Waals surface area contributed by atoms with E-state index in [4.69, 9.17) is 4.74 Å². The molecule has 1 rings (SSSR count). The summed E-state index contributed by atoms with van der Waals surface area (Å²) in [5.74, 6) is -0.660. The predicted octanol–water partition coefficient (Wildman–Crippen LogP) is 3.22. The highest BCUT2D eigenvalue weighted by Crippen LogP contribution is 2.17. The second kappa shape index (κ2) is 8.04. The van der Waals surface area contributed by atoms with Gasteiger partial charge in [-0.05, 0) is 37.1 Å². The first-order valence-electron chi connectivity index (χ1n) is 6.64. The highest BCUT2D eigenvalue weighted by Gasteiger charge is 2.21. The highest BCUT2D eigenvalue weighted by molar-refractivity contribution is 9.10. The van der Waals surface area contributed by atoms with Crippen molar-refractivity contribution < 1.29 is 14.3 Å². The van der Waals surface area contributed by atoms with E-state index in [0.717, 1.165) is 22.9 Å². The largest absolute Gasteiger partial charge is 0.467 e.